The van der Waals surface area contributed by atoms with E-state index >= 15 is 0 Å². The summed E-state index contributed by atoms with van der Waals surface area (Å²) in [5.41, 5.74) is 0. The van der Waals surface area contributed by atoms with Crippen LogP contribution in [0.15, 0.2) is 11.8 Å². The van der Waals surface area contributed by atoms with E-state index in [0.717, 1.165) is 11.9 Å². The Balaban J connectivity index is 3.42. The molecule has 130 valence electrons. The smallest absolute Gasteiger partial charge is 0.241 e. The van der Waals surface area contributed by atoms with Crippen molar-refractivity contribution in [3.63, 3.8) is 0 Å². The van der Waals surface area contributed by atoms with Crippen molar-refractivity contribution in [2.75, 3.05) is 13.3 Å². The predicted octanol–water partition coefficient (Wildman–Crippen LogP) is 5.88. The monoisotopic (exact) mass is 396 g/mol. The summed E-state index contributed by atoms with van der Waals surface area (Å²) < 4.78 is 12.5. The number of ether oxygens (including phenoxy) is 1. The Bertz CT molecular complexity index is 422. The molecular formula is C15H34ClO2PSi3. The molecule has 7 heteroatoms. The minimum Gasteiger partial charge on any atom is -0.547 e. The van der Waals surface area contributed by atoms with E-state index < -0.39 is 31.7 Å². The fourth-order valence-electron chi connectivity index (χ4n) is 4.15. The number of hydrogen-bond acceptors (Lipinski definition) is 2. The molecule has 2 atom stereocenters. The summed E-state index contributed by atoms with van der Waals surface area (Å²) in [6, 6.07) is 0. The minimum atomic E-state index is -1.60. The van der Waals surface area contributed by atoms with Gasteiger partial charge in [-0.25, -0.2) is 0 Å². The Morgan fingerprint density at radius 2 is 1.50 bits per heavy atom. The molecule has 1 heterocycles. The first kappa shape index (κ1) is 20.9. The standard InChI is InChI=1S/C15H34ClO2PSi3/c1-17-14-11-13(18-22(8,9)10)12-19(16)15(14,20(2,3)4)21(5,6)7/h11,14H,12H2,1-10H3. The van der Waals surface area contributed by atoms with E-state index in [1.807, 2.05) is 7.11 Å². The zero-order chi connectivity index (χ0) is 17.6. The van der Waals surface area contributed by atoms with Crippen LogP contribution in [0.2, 0.25) is 58.9 Å². The van der Waals surface area contributed by atoms with Crippen LogP contribution in [-0.4, -0.2) is 48.2 Å². The van der Waals surface area contributed by atoms with Crippen LogP contribution < -0.4 is 0 Å². The molecule has 0 N–H and O–H groups in total. The van der Waals surface area contributed by atoms with Crippen LogP contribution in [0.4, 0.5) is 0 Å². The van der Waals surface area contributed by atoms with Crippen molar-refractivity contribution in [1.29, 1.82) is 0 Å². The molecule has 0 saturated heterocycles. The maximum absolute atomic E-state index is 7.15. The fraction of sp³-hybridized carbons (Fsp3) is 0.867. The van der Waals surface area contributed by atoms with Crippen molar-refractivity contribution in [2.24, 2.45) is 0 Å². The number of allylic oxidation sites excluding steroid dienone is 1. The molecular weight excluding hydrogens is 363 g/mol. The van der Waals surface area contributed by atoms with Crippen LogP contribution in [0.25, 0.3) is 0 Å². The number of rotatable bonds is 5. The van der Waals surface area contributed by atoms with Gasteiger partial charge in [0.05, 0.1) is 28.0 Å². The van der Waals surface area contributed by atoms with Gasteiger partial charge < -0.3 is 9.16 Å². The average Bonchev–Trinajstić information content (AvgIpc) is 2.21. The Morgan fingerprint density at radius 3 is 1.82 bits per heavy atom. The van der Waals surface area contributed by atoms with E-state index in [2.05, 4.69) is 65.0 Å². The second-order valence-electron chi connectivity index (χ2n) is 9.29. The summed E-state index contributed by atoms with van der Waals surface area (Å²) in [5, 5.41) is 0. The number of hydrogen-bond donors (Lipinski definition) is 0. The van der Waals surface area contributed by atoms with Crippen molar-refractivity contribution < 1.29 is 9.16 Å². The van der Waals surface area contributed by atoms with Crippen molar-refractivity contribution in [3.8, 4) is 0 Å². The molecule has 0 bridgehead atoms. The summed E-state index contributed by atoms with van der Waals surface area (Å²) in [6.07, 6.45) is 3.29. The van der Waals surface area contributed by atoms with Gasteiger partial charge in [-0.3, -0.25) is 0 Å². The van der Waals surface area contributed by atoms with Crippen LogP contribution in [0.5, 0.6) is 0 Å². The van der Waals surface area contributed by atoms with E-state index in [1.54, 1.807) is 0 Å². The third kappa shape index (κ3) is 3.92. The van der Waals surface area contributed by atoms with Crippen LogP contribution in [-0.2, 0) is 9.16 Å². The maximum atomic E-state index is 7.15. The van der Waals surface area contributed by atoms with Crippen molar-refractivity contribution in [1.82, 2.24) is 0 Å². The van der Waals surface area contributed by atoms with E-state index in [9.17, 15) is 0 Å². The summed E-state index contributed by atoms with van der Waals surface area (Å²) >= 11 is 7.15. The molecule has 0 aromatic heterocycles. The molecule has 1 rings (SSSR count). The molecule has 2 nitrogen and oxygen atoms in total. The third-order valence-electron chi connectivity index (χ3n) is 4.40. The molecule has 0 saturated carbocycles. The summed E-state index contributed by atoms with van der Waals surface area (Å²) in [6.45, 7) is 21.5. The van der Waals surface area contributed by atoms with Crippen LogP contribution in [0, 0.1) is 0 Å². The van der Waals surface area contributed by atoms with E-state index in [1.165, 1.54) is 0 Å². The lowest BCUT2D eigenvalue weighted by atomic mass is 10.3. The highest BCUT2D eigenvalue weighted by atomic mass is 35.7. The van der Waals surface area contributed by atoms with Crippen LogP contribution in [0.1, 0.15) is 0 Å². The molecule has 0 spiro atoms. The third-order valence-corrected chi connectivity index (χ3v) is 24.2. The van der Waals surface area contributed by atoms with E-state index in [0.29, 0.717) is 0 Å². The van der Waals surface area contributed by atoms with Crippen LogP contribution >= 0.6 is 18.5 Å². The second kappa shape index (κ2) is 6.64. The second-order valence-corrected chi connectivity index (χ2v) is 28.6. The van der Waals surface area contributed by atoms with Gasteiger partial charge in [-0.2, -0.15) is 0 Å². The highest BCUT2D eigenvalue weighted by Crippen LogP contribution is 2.67. The predicted molar refractivity (Wildman–Crippen MR) is 110 cm³/mol. The quantitative estimate of drug-likeness (QED) is 0.426. The van der Waals surface area contributed by atoms with Gasteiger partial charge in [0.25, 0.3) is 0 Å². The lowest BCUT2D eigenvalue weighted by Gasteiger charge is -2.59. The molecule has 22 heavy (non-hydrogen) atoms. The lowest BCUT2D eigenvalue weighted by Crippen LogP contribution is -2.71. The van der Waals surface area contributed by atoms with Gasteiger partial charge in [-0.05, 0) is 25.7 Å². The van der Waals surface area contributed by atoms with Gasteiger partial charge in [0.15, 0.2) is 0 Å². The molecule has 1 aliphatic rings. The van der Waals surface area contributed by atoms with E-state index in [4.69, 9.17) is 20.4 Å². The first-order valence-corrected chi connectivity index (χ1v) is 20.9. The highest BCUT2D eigenvalue weighted by Gasteiger charge is 2.62. The number of halogens is 1. The molecule has 0 fully saturated rings. The van der Waals surface area contributed by atoms with Crippen molar-refractivity contribution in [2.45, 2.75) is 69.4 Å². The SMILES string of the molecule is COC1C=C(O[Si](C)(C)C)CP(Cl)C1([Si](C)(C)C)[Si](C)(C)C. The van der Waals surface area contributed by atoms with Gasteiger partial charge >= 0.3 is 0 Å². The Hall–Kier alpha value is 0.871. The van der Waals surface area contributed by atoms with Gasteiger partial charge in [-0.1, -0.05) is 50.5 Å². The Morgan fingerprint density at radius 1 is 1.05 bits per heavy atom. The van der Waals surface area contributed by atoms with Gasteiger partial charge in [0.1, 0.15) is 0 Å². The zero-order valence-corrected chi connectivity index (χ0v) is 20.7. The lowest BCUT2D eigenvalue weighted by molar-refractivity contribution is 0.135. The molecule has 0 aromatic carbocycles. The molecule has 1 aliphatic heterocycles. The Kier molecular flexibility index (Phi) is 6.31. The maximum Gasteiger partial charge on any atom is 0.241 e. The Labute approximate surface area is 146 Å². The first-order valence-electron chi connectivity index (χ1n) is 8.03. The zero-order valence-electron chi connectivity index (χ0n) is 16.0. The topological polar surface area (TPSA) is 18.5 Å². The molecule has 0 aliphatic carbocycles. The van der Waals surface area contributed by atoms with Crippen LogP contribution in [0.3, 0.4) is 0 Å². The first-order chi connectivity index (χ1) is 9.66. The van der Waals surface area contributed by atoms with Crippen molar-refractivity contribution >= 4 is 43.0 Å². The van der Waals surface area contributed by atoms with Gasteiger partial charge in [0.2, 0.25) is 8.32 Å². The average molecular weight is 397 g/mol. The fourth-order valence-corrected chi connectivity index (χ4v) is 29.0. The molecule has 0 radical (unpaired) electrons. The highest BCUT2D eigenvalue weighted by molar-refractivity contribution is 7.89. The molecule has 2 unspecified atom stereocenters. The van der Waals surface area contributed by atoms with E-state index in [-0.39, 0.29) is 10.5 Å². The normalized spacial score (nSPS) is 26.6. The van der Waals surface area contributed by atoms with Gasteiger partial charge in [0, 0.05) is 24.9 Å². The summed E-state index contributed by atoms with van der Waals surface area (Å²) in [4.78, 5) is 0. The molecule has 0 amide bonds. The summed E-state index contributed by atoms with van der Waals surface area (Å²) in [5.74, 6) is 1.08. The van der Waals surface area contributed by atoms with Gasteiger partial charge in [-0.15, -0.1) is 0 Å². The summed E-state index contributed by atoms with van der Waals surface area (Å²) in [7, 11) is -3.48. The largest absolute Gasteiger partial charge is 0.547 e. The van der Waals surface area contributed by atoms with Crippen molar-refractivity contribution in [3.05, 3.63) is 11.8 Å². The number of methoxy groups -OCH3 is 1. The molecule has 0 aromatic rings. The minimum absolute atomic E-state index is 0.106.